The molecule has 26 heavy (non-hydrogen) atoms. The second-order valence-corrected chi connectivity index (χ2v) is 6.90. The Hall–Kier alpha value is -2.99. The normalized spacial score (nSPS) is 13.7. The average Bonchev–Trinajstić information content (AvgIpc) is 3.42. The number of hydrazone groups is 1. The monoisotopic (exact) mass is 363 g/mol. The molecule has 6 heteroatoms. The highest BCUT2D eigenvalue weighted by molar-refractivity contribution is 7.14. The minimum Gasteiger partial charge on any atom is -0.426 e. The summed E-state index contributed by atoms with van der Waals surface area (Å²) in [6.07, 6.45) is 3.55. The number of thiazole rings is 1. The van der Waals surface area contributed by atoms with E-state index in [9.17, 15) is 4.79 Å². The Balaban J connectivity index is 1.38. The smallest absolute Gasteiger partial charge is 0.314 e. The molecule has 1 heterocycles. The van der Waals surface area contributed by atoms with Gasteiger partial charge in [0.2, 0.25) is 5.13 Å². The van der Waals surface area contributed by atoms with Crippen LogP contribution in [0.1, 0.15) is 18.4 Å². The Bertz CT molecular complexity index is 933. The van der Waals surface area contributed by atoms with Crippen LogP contribution in [0.3, 0.4) is 0 Å². The summed E-state index contributed by atoms with van der Waals surface area (Å²) in [6, 6.07) is 17.3. The molecule has 0 atom stereocenters. The van der Waals surface area contributed by atoms with Crippen LogP contribution >= 0.6 is 11.3 Å². The summed E-state index contributed by atoms with van der Waals surface area (Å²) in [5.74, 6) is 0.484. The average molecular weight is 363 g/mol. The number of aromatic nitrogens is 1. The molecule has 5 nitrogen and oxygen atoms in total. The summed E-state index contributed by atoms with van der Waals surface area (Å²) in [7, 11) is 0. The lowest BCUT2D eigenvalue weighted by Gasteiger charge is -2.03. The van der Waals surface area contributed by atoms with Gasteiger partial charge in [0.1, 0.15) is 5.75 Å². The van der Waals surface area contributed by atoms with Gasteiger partial charge in [-0.25, -0.2) is 4.98 Å². The van der Waals surface area contributed by atoms with Crippen molar-refractivity contribution in [2.75, 3.05) is 5.43 Å². The quantitative estimate of drug-likeness (QED) is 0.301. The summed E-state index contributed by atoms with van der Waals surface area (Å²) in [4.78, 5) is 16.2. The number of benzene rings is 2. The maximum absolute atomic E-state index is 11.7. The minimum absolute atomic E-state index is 0.0812. The van der Waals surface area contributed by atoms with E-state index in [1.807, 2.05) is 47.8 Å². The van der Waals surface area contributed by atoms with Gasteiger partial charge >= 0.3 is 5.97 Å². The fourth-order valence-electron chi connectivity index (χ4n) is 2.41. The van der Waals surface area contributed by atoms with E-state index in [-0.39, 0.29) is 11.9 Å². The van der Waals surface area contributed by atoms with Crippen molar-refractivity contribution in [3.05, 3.63) is 65.5 Å². The largest absolute Gasteiger partial charge is 0.426 e. The van der Waals surface area contributed by atoms with Gasteiger partial charge in [-0.3, -0.25) is 10.2 Å². The maximum Gasteiger partial charge on any atom is 0.314 e. The highest BCUT2D eigenvalue weighted by atomic mass is 32.1. The molecule has 1 fully saturated rings. The number of esters is 1. The number of ether oxygens (including phenoxy) is 1. The van der Waals surface area contributed by atoms with Crippen molar-refractivity contribution in [3.63, 3.8) is 0 Å². The number of rotatable bonds is 6. The number of carbonyl (C=O) groups excluding carboxylic acids is 1. The van der Waals surface area contributed by atoms with Crippen LogP contribution in [0.15, 0.2) is 65.1 Å². The minimum atomic E-state index is -0.145. The Morgan fingerprint density at radius 1 is 1.19 bits per heavy atom. The summed E-state index contributed by atoms with van der Waals surface area (Å²) in [5, 5.41) is 6.93. The SMILES string of the molecule is O=C(Oc1cccc(C=NNc2nc(-c3ccccc3)cs2)c1)C1CC1. The van der Waals surface area contributed by atoms with Crippen LogP contribution in [0.2, 0.25) is 0 Å². The molecule has 0 amide bonds. The first kappa shape index (κ1) is 16.5. The van der Waals surface area contributed by atoms with Crippen LogP contribution < -0.4 is 10.2 Å². The van der Waals surface area contributed by atoms with Gasteiger partial charge in [0.05, 0.1) is 17.8 Å². The number of nitrogens with one attached hydrogen (secondary N) is 1. The van der Waals surface area contributed by atoms with E-state index in [0.29, 0.717) is 5.75 Å². The standard InChI is InChI=1S/C20H17N3O2S/c24-19(16-9-10-16)25-17-8-4-5-14(11-17)12-21-23-20-22-18(13-26-20)15-6-2-1-3-7-15/h1-8,11-13,16H,9-10H2,(H,22,23). The molecule has 4 rings (SSSR count). The highest BCUT2D eigenvalue weighted by Gasteiger charge is 2.31. The fourth-order valence-corrected chi connectivity index (χ4v) is 3.07. The zero-order valence-corrected chi connectivity index (χ0v) is 14.8. The van der Waals surface area contributed by atoms with Crippen molar-refractivity contribution in [1.82, 2.24) is 4.98 Å². The first-order chi connectivity index (χ1) is 12.8. The van der Waals surface area contributed by atoms with Gasteiger partial charge in [-0.15, -0.1) is 11.3 Å². The Kier molecular flexibility index (Phi) is 4.75. The topological polar surface area (TPSA) is 63.6 Å². The summed E-state index contributed by atoms with van der Waals surface area (Å²) >= 11 is 1.50. The number of hydrogen-bond donors (Lipinski definition) is 1. The van der Waals surface area contributed by atoms with Crippen molar-refractivity contribution in [3.8, 4) is 17.0 Å². The van der Waals surface area contributed by atoms with Gasteiger partial charge in [0, 0.05) is 10.9 Å². The second-order valence-electron chi connectivity index (χ2n) is 6.04. The van der Waals surface area contributed by atoms with Gasteiger partial charge in [-0.1, -0.05) is 42.5 Å². The van der Waals surface area contributed by atoms with E-state index in [4.69, 9.17) is 4.74 Å². The van der Waals surface area contributed by atoms with Crippen molar-refractivity contribution < 1.29 is 9.53 Å². The van der Waals surface area contributed by atoms with E-state index in [0.717, 1.165) is 34.8 Å². The lowest BCUT2D eigenvalue weighted by Crippen LogP contribution is -2.09. The van der Waals surface area contributed by atoms with E-state index >= 15 is 0 Å². The van der Waals surface area contributed by atoms with Gasteiger partial charge in [0.15, 0.2) is 0 Å². The molecule has 0 radical (unpaired) electrons. The van der Waals surface area contributed by atoms with Crippen LogP contribution in [0.5, 0.6) is 5.75 Å². The predicted octanol–water partition coefficient (Wildman–Crippen LogP) is 4.57. The van der Waals surface area contributed by atoms with E-state index < -0.39 is 0 Å². The molecule has 3 aromatic rings. The molecule has 1 aromatic heterocycles. The molecule has 1 saturated carbocycles. The first-order valence-electron chi connectivity index (χ1n) is 8.40. The van der Waals surface area contributed by atoms with Crippen LogP contribution in [-0.4, -0.2) is 17.2 Å². The predicted molar refractivity (Wildman–Crippen MR) is 104 cm³/mol. The van der Waals surface area contributed by atoms with Crippen molar-refractivity contribution >= 4 is 28.7 Å². The molecule has 1 aliphatic carbocycles. The second kappa shape index (κ2) is 7.49. The number of carbonyl (C=O) groups is 1. The highest BCUT2D eigenvalue weighted by Crippen LogP contribution is 2.31. The fraction of sp³-hybridized carbons (Fsp3) is 0.150. The van der Waals surface area contributed by atoms with Gasteiger partial charge in [-0.2, -0.15) is 5.10 Å². The molecule has 130 valence electrons. The van der Waals surface area contributed by atoms with E-state index in [1.54, 1.807) is 18.3 Å². The summed E-state index contributed by atoms with van der Waals surface area (Å²) < 4.78 is 5.36. The first-order valence-corrected chi connectivity index (χ1v) is 9.28. The van der Waals surface area contributed by atoms with Gasteiger partial charge in [-0.05, 0) is 30.5 Å². The van der Waals surface area contributed by atoms with Gasteiger partial charge in [0.25, 0.3) is 0 Å². The maximum atomic E-state index is 11.7. The molecular weight excluding hydrogens is 346 g/mol. The molecule has 1 N–H and O–H groups in total. The lowest BCUT2D eigenvalue weighted by atomic mass is 10.2. The van der Waals surface area contributed by atoms with Crippen molar-refractivity contribution in [2.24, 2.45) is 11.0 Å². The third-order valence-electron chi connectivity index (χ3n) is 3.93. The molecule has 0 spiro atoms. The van der Waals surface area contributed by atoms with Crippen molar-refractivity contribution in [2.45, 2.75) is 12.8 Å². The van der Waals surface area contributed by atoms with Crippen molar-refractivity contribution in [1.29, 1.82) is 0 Å². The summed E-state index contributed by atoms with van der Waals surface area (Å²) in [5.41, 5.74) is 5.78. The lowest BCUT2D eigenvalue weighted by molar-refractivity contribution is -0.135. The third-order valence-corrected chi connectivity index (χ3v) is 4.68. The molecule has 0 saturated heterocycles. The van der Waals surface area contributed by atoms with E-state index in [1.165, 1.54) is 11.3 Å². The number of anilines is 1. The Morgan fingerprint density at radius 2 is 2.04 bits per heavy atom. The third kappa shape index (κ3) is 4.15. The Labute approximate surface area is 155 Å². The van der Waals surface area contributed by atoms with E-state index in [2.05, 4.69) is 15.5 Å². The van der Waals surface area contributed by atoms with Crippen LogP contribution in [-0.2, 0) is 4.79 Å². The zero-order valence-electron chi connectivity index (χ0n) is 14.0. The van der Waals surface area contributed by atoms with Crippen LogP contribution in [0, 0.1) is 5.92 Å². The molecule has 0 unspecified atom stereocenters. The molecule has 1 aliphatic rings. The number of hydrogen-bond acceptors (Lipinski definition) is 6. The van der Waals surface area contributed by atoms with Gasteiger partial charge < -0.3 is 4.74 Å². The van der Waals surface area contributed by atoms with Crippen LogP contribution in [0.25, 0.3) is 11.3 Å². The molecule has 0 aliphatic heterocycles. The van der Waals surface area contributed by atoms with Crippen LogP contribution in [0.4, 0.5) is 5.13 Å². The molecular formula is C20H17N3O2S. The summed E-state index contributed by atoms with van der Waals surface area (Å²) in [6.45, 7) is 0. The zero-order chi connectivity index (χ0) is 17.8. The molecule has 0 bridgehead atoms. The Morgan fingerprint density at radius 3 is 2.85 bits per heavy atom. The molecule has 2 aromatic carbocycles. The number of nitrogens with zero attached hydrogens (tertiary/aromatic N) is 2.